The molecule has 3 aromatic rings. The van der Waals surface area contributed by atoms with Gasteiger partial charge in [0, 0.05) is 13.6 Å². The lowest BCUT2D eigenvalue weighted by Crippen LogP contribution is -2.50. The summed E-state index contributed by atoms with van der Waals surface area (Å²) in [6.07, 6.45) is 0. The molecule has 3 rings (SSSR count). The zero-order valence-corrected chi connectivity index (χ0v) is 22.8. The van der Waals surface area contributed by atoms with Gasteiger partial charge in [-0.05, 0) is 55.2 Å². The summed E-state index contributed by atoms with van der Waals surface area (Å²) in [5.41, 5.74) is 3.20. The summed E-state index contributed by atoms with van der Waals surface area (Å²) < 4.78 is 28.8. The van der Waals surface area contributed by atoms with Crippen LogP contribution in [0.3, 0.4) is 0 Å². The minimum absolute atomic E-state index is 0.0906. The number of rotatable bonds is 10. The maximum absolute atomic E-state index is 13.8. The van der Waals surface area contributed by atoms with E-state index in [1.54, 1.807) is 43.3 Å². The maximum atomic E-state index is 13.8. The molecule has 3 aromatic carbocycles. The molecule has 0 bridgehead atoms. The van der Waals surface area contributed by atoms with Crippen molar-refractivity contribution in [3.8, 4) is 0 Å². The number of aryl methyl sites for hydroxylation is 1. The zero-order chi connectivity index (χ0) is 27.2. The van der Waals surface area contributed by atoms with Gasteiger partial charge in [0.25, 0.3) is 10.0 Å². The van der Waals surface area contributed by atoms with E-state index in [1.807, 2.05) is 49.4 Å². The summed E-state index contributed by atoms with van der Waals surface area (Å²) in [6.45, 7) is 7.34. The Morgan fingerprint density at radius 1 is 0.865 bits per heavy atom. The lowest BCUT2D eigenvalue weighted by molar-refractivity contribution is -0.139. The Kier molecular flexibility index (Phi) is 9.10. The van der Waals surface area contributed by atoms with E-state index >= 15 is 0 Å². The highest BCUT2D eigenvalue weighted by Gasteiger charge is 2.32. The SMILES string of the molecule is CNC(=O)C(C)N(Cc1ccccc1)C(=O)CN(c1ccc(C(C)C)cc1)S(=O)(=O)c1ccc(C)cc1. The van der Waals surface area contributed by atoms with Crippen LogP contribution >= 0.6 is 0 Å². The molecule has 2 amide bonds. The smallest absolute Gasteiger partial charge is 0.264 e. The van der Waals surface area contributed by atoms with Gasteiger partial charge in [-0.1, -0.05) is 74.0 Å². The number of carbonyl (C=O) groups excluding carboxylic acids is 2. The average Bonchev–Trinajstić information content (AvgIpc) is 2.90. The molecule has 1 N–H and O–H groups in total. The minimum Gasteiger partial charge on any atom is -0.357 e. The Hall–Kier alpha value is -3.65. The van der Waals surface area contributed by atoms with Crippen molar-refractivity contribution in [2.24, 2.45) is 0 Å². The van der Waals surface area contributed by atoms with Crippen LogP contribution in [0.15, 0.2) is 83.8 Å². The van der Waals surface area contributed by atoms with Gasteiger partial charge in [0.05, 0.1) is 10.6 Å². The van der Waals surface area contributed by atoms with Crippen LogP contribution in [0.2, 0.25) is 0 Å². The Balaban J connectivity index is 2.03. The number of nitrogens with zero attached hydrogens (tertiary/aromatic N) is 2. The Morgan fingerprint density at radius 2 is 1.46 bits per heavy atom. The molecule has 1 atom stereocenters. The van der Waals surface area contributed by atoms with Gasteiger partial charge in [0.1, 0.15) is 12.6 Å². The fourth-order valence-electron chi connectivity index (χ4n) is 3.96. The van der Waals surface area contributed by atoms with E-state index in [1.165, 1.54) is 11.9 Å². The van der Waals surface area contributed by atoms with E-state index < -0.39 is 28.5 Å². The highest BCUT2D eigenvalue weighted by atomic mass is 32.2. The number of likely N-dealkylation sites (N-methyl/N-ethyl adjacent to an activating group) is 1. The van der Waals surface area contributed by atoms with Crippen LogP contribution in [0.25, 0.3) is 0 Å². The van der Waals surface area contributed by atoms with Gasteiger partial charge in [0.15, 0.2) is 0 Å². The third-order valence-corrected chi connectivity index (χ3v) is 8.13. The lowest BCUT2D eigenvalue weighted by atomic mass is 10.0. The fourth-order valence-corrected chi connectivity index (χ4v) is 5.38. The second-order valence-electron chi connectivity index (χ2n) is 9.37. The Bertz CT molecular complexity index is 1310. The second kappa shape index (κ2) is 12.1. The molecule has 0 radical (unpaired) electrons. The highest BCUT2D eigenvalue weighted by Crippen LogP contribution is 2.27. The van der Waals surface area contributed by atoms with Crippen molar-refractivity contribution in [3.63, 3.8) is 0 Å². The lowest BCUT2D eigenvalue weighted by Gasteiger charge is -2.32. The molecule has 1 unspecified atom stereocenters. The number of nitrogens with one attached hydrogen (secondary N) is 1. The topological polar surface area (TPSA) is 86.8 Å². The molecule has 0 heterocycles. The summed E-state index contributed by atoms with van der Waals surface area (Å²) in [4.78, 5) is 27.8. The van der Waals surface area contributed by atoms with Gasteiger partial charge < -0.3 is 10.2 Å². The molecule has 8 heteroatoms. The molecular weight excluding hydrogens is 486 g/mol. The van der Waals surface area contributed by atoms with Gasteiger partial charge in [-0.3, -0.25) is 13.9 Å². The first-order valence-electron chi connectivity index (χ1n) is 12.3. The number of carbonyl (C=O) groups is 2. The van der Waals surface area contributed by atoms with Crippen molar-refractivity contribution >= 4 is 27.5 Å². The minimum atomic E-state index is -4.07. The third kappa shape index (κ3) is 6.77. The van der Waals surface area contributed by atoms with Gasteiger partial charge in [-0.15, -0.1) is 0 Å². The third-order valence-electron chi connectivity index (χ3n) is 6.35. The molecule has 196 valence electrons. The van der Waals surface area contributed by atoms with E-state index in [0.717, 1.165) is 21.0 Å². The number of sulfonamides is 1. The zero-order valence-electron chi connectivity index (χ0n) is 22.0. The summed E-state index contributed by atoms with van der Waals surface area (Å²) >= 11 is 0. The van der Waals surface area contributed by atoms with E-state index in [0.29, 0.717) is 5.69 Å². The van der Waals surface area contributed by atoms with Crippen molar-refractivity contribution < 1.29 is 18.0 Å². The predicted molar refractivity (Wildman–Crippen MR) is 147 cm³/mol. The normalized spacial score (nSPS) is 12.2. The van der Waals surface area contributed by atoms with Crippen molar-refractivity contribution in [3.05, 3.63) is 95.6 Å². The number of hydrogen-bond donors (Lipinski definition) is 1. The molecule has 0 saturated carbocycles. The molecule has 0 saturated heterocycles. The van der Waals surface area contributed by atoms with E-state index in [2.05, 4.69) is 19.2 Å². The Labute approximate surface area is 220 Å². The van der Waals surface area contributed by atoms with Crippen molar-refractivity contribution in [2.45, 2.75) is 51.1 Å². The van der Waals surface area contributed by atoms with Gasteiger partial charge >= 0.3 is 0 Å². The average molecular weight is 522 g/mol. The molecule has 0 aliphatic carbocycles. The first-order valence-corrected chi connectivity index (χ1v) is 13.7. The number of benzene rings is 3. The molecule has 37 heavy (non-hydrogen) atoms. The van der Waals surface area contributed by atoms with Gasteiger partial charge in [-0.2, -0.15) is 0 Å². The monoisotopic (exact) mass is 521 g/mol. The van der Waals surface area contributed by atoms with Crippen molar-refractivity contribution in [1.82, 2.24) is 10.2 Å². The molecule has 0 aromatic heterocycles. The van der Waals surface area contributed by atoms with Crippen LogP contribution in [0.5, 0.6) is 0 Å². The quantitative estimate of drug-likeness (QED) is 0.426. The second-order valence-corrected chi connectivity index (χ2v) is 11.2. The van der Waals surface area contributed by atoms with Crippen molar-refractivity contribution in [2.75, 3.05) is 17.9 Å². The first-order chi connectivity index (χ1) is 17.5. The van der Waals surface area contributed by atoms with Crippen LogP contribution in [0.4, 0.5) is 5.69 Å². The standard InChI is InChI=1S/C29H35N3O4S/c1-21(2)25-13-15-26(16-14-25)32(37(35,36)27-17-11-22(3)12-18-27)20-28(33)31(23(4)29(34)30-5)19-24-9-7-6-8-10-24/h6-18,21,23H,19-20H2,1-5H3,(H,30,34). The summed E-state index contributed by atoms with van der Waals surface area (Å²) in [7, 11) is -2.56. The maximum Gasteiger partial charge on any atom is 0.264 e. The molecule has 0 aliphatic heterocycles. The van der Waals surface area contributed by atoms with E-state index in [9.17, 15) is 18.0 Å². The fraction of sp³-hybridized carbons (Fsp3) is 0.310. The first kappa shape index (κ1) is 27.9. The molecule has 7 nitrogen and oxygen atoms in total. The number of amides is 2. The van der Waals surface area contributed by atoms with Crippen LogP contribution in [0.1, 0.15) is 43.4 Å². The van der Waals surface area contributed by atoms with Crippen LogP contribution < -0.4 is 9.62 Å². The summed E-state index contributed by atoms with van der Waals surface area (Å²) in [5, 5.41) is 2.58. The van der Waals surface area contributed by atoms with E-state index in [-0.39, 0.29) is 23.3 Å². The van der Waals surface area contributed by atoms with Crippen LogP contribution in [-0.4, -0.2) is 44.8 Å². The van der Waals surface area contributed by atoms with Gasteiger partial charge in [-0.25, -0.2) is 8.42 Å². The Morgan fingerprint density at radius 3 is 2.00 bits per heavy atom. The highest BCUT2D eigenvalue weighted by molar-refractivity contribution is 7.92. The molecule has 0 fully saturated rings. The van der Waals surface area contributed by atoms with Crippen LogP contribution in [0, 0.1) is 6.92 Å². The van der Waals surface area contributed by atoms with Gasteiger partial charge in [0.2, 0.25) is 11.8 Å². The van der Waals surface area contributed by atoms with Crippen LogP contribution in [-0.2, 0) is 26.2 Å². The predicted octanol–water partition coefficient (Wildman–Crippen LogP) is 4.48. The van der Waals surface area contributed by atoms with E-state index in [4.69, 9.17) is 0 Å². The number of hydrogen-bond acceptors (Lipinski definition) is 4. The molecular formula is C29H35N3O4S. The number of anilines is 1. The van der Waals surface area contributed by atoms with Crippen molar-refractivity contribution in [1.29, 1.82) is 0 Å². The molecule has 0 spiro atoms. The largest absolute Gasteiger partial charge is 0.357 e. The molecule has 0 aliphatic rings. The summed E-state index contributed by atoms with van der Waals surface area (Å²) in [6, 6.07) is 22.2. The summed E-state index contributed by atoms with van der Waals surface area (Å²) in [5.74, 6) is -0.547.